The largest absolute Gasteiger partial charge is 0.507 e. The molecule has 0 fully saturated rings. The van der Waals surface area contributed by atoms with Crippen LogP contribution in [0.4, 0.5) is 0 Å². The first-order valence-electron chi connectivity index (χ1n) is 16.3. The molecular weight excluding hydrogens is 548 g/mol. The molecule has 2 rings (SSSR count). The number of aryl methyl sites for hydroxylation is 2. The summed E-state index contributed by atoms with van der Waals surface area (Å²) in [5.74, 6) is 0.731. The monoisotopic (exact) mass is 608 g/mol. The Kier molecular flexibility index (Phi) is 12.2. The second-order valence-electron chi connectivity index (χ2n) is 16.5. The highest BCUT2D eigenvalue weighted by Gasteiger charge is 2.28. The minimum Gasteiger partial charge on any atom is -0.507 e. The van der Waals surface area contributed by atoms with E-state index < -0.39 is 0 Å². The molecule has 0 atom stereocenters. The predicted octanol–water partition coefficient (Wildman–Crippen LogP) is 7.87. The summed E-state index contributed by atoms with van der Waals surface area (Å²) >= 11 is 0. The third kappa shape index (κ3) is 10.9. The molecule has 0 saturated heterocycles. The topological polar surface area (TPSA) is 98.7 Å². The van der Waals surface area contributed by atoms with Gasteiger partial charge in [-0.15, -0.1) is 0 Å². The van der Waals surface area contributed by atoms with Crippen LogP contribution in [0, 0.1) is 0 Å². The van der Waals surface area contributed by atoms with Gasteiger partial charge in [-0.05, 0) is 80.7 Å². The first kappa shape index (κ1) is 37.2. The van der Waals surface area contributed by atoms with Crippen molar-refractivity contribution in [2.45, 2.75) is 143 Å². The summed E-state index contributed by atoms with van der Waals surface area (Å²) in [6, 6.07) is 8.15. The molecule has 0 aromatic heterocycles. The average molecular weight is 609 g/mol. The van der Waals surface area contributed by atoms with E-state index >= 15 is 0 Å². The molecule has 0 bridgehead atoms. The van der Waals surface area contributed by atoms with E-state index in [1.165, 1.54) is 0 Å². The van der Waals surface area contributed by atoms with Gasteiger partial charge in [-0.2, -0.15) is 0 Å². The number of carbonyl (C=O) groups excluding carboxylic acids is 2. The highest BCUT2D eigenvalue weighted by molar-refractivity contribution is 5.76. The van der Waals surface area contributed by atoms with Gasteiger partial charge >= 0.3 is 0 Å². The maximum atomic E-state index is 12.6. The molecule has 0 saturated carbocycles. The number of phenolic OH excluding ortho intramolecular Hbond substituents is 2. The number of hydrogen-bond donors (Lipinski definition) is 4. The molecule has 0 aliphatic rings. The number of hydrogen-bond acceptors (Lipinski definition) is 4. The van der Waals surface area contributed by atoms with Gasteiger partial charge in [0.05, 0.1) is 0 Å². The lowest BCUT2D eigenvalue weighted by molar-refractivity contribution is -0.122. The molecule has 6 nitrogen and oxygen atoms in total. The molecule has 2 aromatic carbocycles. The Morgan fingerprint density at radius 3 is 1.00 bits per heavy atom. The van der Waals surface area contributed by atoms with Crippen LogP contribution in [0.1, 0.15) is 142 Å². The molecule has 6 heteroatoms. The predicted molar refractivity (Wildman–Crippen MR) is 183 cm³/mol. The molecule has 0 heterocycles. The van der Waals surface area contributed by atoms with Gasteiger partial charge in [0.1, 0.15) is 11.5 Å². The third-order valence-electron chi connectivity index (χ3n) is 8.10. The van der Waals surface area contributed by atoms with Crippen LogP contribution < -0.4 is 10.6 Å². The van der Waals surface area contributed by atoms with Gasteiger partial charge < -0.3 is 20.8 Å². The standard InChI is InChI=1S/C38H60N2O4/c1-35(2,3)27-21-25(22-28(33(27)43)36(4,5)6)15-17-31(41)39-19-13-14-20-40-32(42)18-16-26-23-29(37(7,8)9)34(44)30(24-26)38(10,11)12/h21-24,43-44H,13-20H2,1-12H3,(H,39,41)(H,40,42). The Bertz CT molecular complexity index is 1130. The van der Waals surface area contributed by atoms with Crippen LogP contribution in [0.2, 0.25) is 0 Å². The summed E-state index contributed by atoms with van der Waals surface area (Å²) in [7, 11) is 0. The van der Waals surface area contributed by atoms with Crippen LogP contribution in [0.25, 0.3) is 0 Å². The van der Waals surface area contributed by atoms with E-state index in [4.69, 9.17) is 0 Å². The Morgan fingerprint density at radius 2 is 0.773 bits per heavy atom. The van der Waals surface area contributed by atoms with E-state index in [-0.39, 0.29) is 33.5 Å². The van der Waals surface area contributed by atoms with Crippen molar-refractivity contribution in [2.75, 3.05) is 13.1 Å². The summed E-state index contributed by atoms with van der Waals surface area (Å²) in [5.41, 5.74) is 4.97. The molecule has 0 aliphatic heterocycles. The summed E-state index contributed by atoms with van der Waals surface area (Å²) in [6.07, 6.45) is 3.58. The van der Waals surface area contributed by atoms with Gasteiger partial charge in [0.15, 0.2) is 0 Å². The van der Waals surface area contributed by atoms with E-state index in [0.29, 0.717) is 50.3 Å². The lowest BCUT2D eigenvalue weighted by Gasteiger charge is -2.28. The van der Waals surface area contributed by atoms with Gasteiger partial charge in [0, 0.05) is 25.9 Å². The number of phenols is 2. The molecular formula is C38H60N2O4. The van der Waals surface area contributed by atoms with Gasteiger partial charge in [-0.25, -0.2) is 0 Å². The zero-order valence-electron chi connectivity index (χ0n) is 29.7. The minimum absolute atomic E-state index is 0.00915. The first-order chi connectivity index (χ1) is 20.0. The van der Waals surface area contributed by atoms with Crippen molar-refractivity contribution in [3.05, 3.63) is 57.6 Å². The number of carbonyl (C=O) groups is 2. The summed E-state index contributed by atoms with van der Waals surface area (Å²) in [6.45, 7) is 26.2. The van der Waals surface area contributed by atoms with Crippen LogP contribution >= 0.6 is 0 Å². The third-order valence-corrected chi connectivity index (χ3v) is 8.10. The smallest absolute Gasteiger partial charge is 0.220 e. The van der Waals surface area contributed by atoms with Gasteiger partial charge in [-0.1, -0.05) is 107 Å². The number of amides is 2. The number of nitrogens with one attached hydrogen (secondary N) is 2. The van der Waals surface area contributed by atoms with E-state index in [1.807, 2.05) is 24.3 Å². The van der Waals surface area contributed by atoms with Crippen molar-refractivity contribution in [1.82, 2.24) is 10.6 Å². The van der Waals surface area contributed by atoms with E-state index in [1.54, 1.807) is 0 Å². The van der Waals surface area contributed by atoms with Crippen LogP contribution in [-0.4, -0.2) is 35.1 Å². The van der Waals surface area contributed by atoms with Crippen LogP contribution in [0.15, 0.2) is 24.3 Å². The average Bonchev–Trinajstić information content (AvgIpc) is 2.86. The molecule has 44 heavy (non-hydrogen) atoms. The quantitative estimate of drug-likeness (QED) is 0.195. The maximum Gasteiger partial charge on any atom is 0.220 e. The Balaban J connectivity index is 1.80. The van der Waals surface area contributed by atoms with Gasteiger partial charge in [0.2, 0.25) is 11.8 Å². The fourth-order valence-electron chi connectivity index (χ4n) is 5.36. The highest BCUT2D eigenvalue weighted by atomic mass is 16.3. The maximum absolute atomic E-state index is 12.6. The Hall–Kier alpha value is -3.02. The van der Waals surface area contributed by atoms with E-state index in [9.17, 15) is 19.8 Å². The lowest BCUT2D eigenvalue weighted by atomic mass is 9.78. The molecule has 0 aliphatic carbocycles. The fraction of sp³-hybridized carbons (Fsp3) is 0.632. The Labute approximate surface area is 267 Å². The second kappa shape index (κ2) is 14.4. The number of unbranched alkanes of at least 4 members (excludes halogenated alkanes) is 1. The molecule has 0 unspecified atom stereocenters. The van der Waals surface area contributed by atoms with Crippen molar-refractivity contribution in [3.63, 3.8) is 0 Å². The zero-order valence-corrected chi connectivity index (χ0v) is 29.7. The zero-order chi connectivity index (χ0) is 33.7. The van der Waals surface area contributed by atoms with Crippen molar-refractivity contribution >= 4 is 11.8 Å². The second-order valence-corrected chi connectivity index (χ2v) is 16.5. The van der Waals surface area contributed by atoms with Crippen molar-refractivity contribution in [1.29, 1.82) is 0 Å². The van der Waals surface area contributed by atoms with E-state index in [2.05, 4.69) is 93.7 Å². The lowest BCUT2D eigenvalue weighted by Crippen LogP contribution is -2.27. The minimum atomic E-state index is -0.200. The van der Waals surface area contributed by atoms with Crippen molar-refractivity contribution in [3.8, 4) is 11.5 Å². The van der Waals surface area contributed by atoms with Crippen molar-refractivity contribution in [2.24, 2.45) is 0 Å². The Morgan fingerprint density at radius 1 is 0.523 bits per heavy atom. The molecule has 2 aromatic rings. The van der Waals surface area contributed by atoms with Gasteiger partial charge in [0.25, 0.3) is 0 Å². The SMILES string of the molecule is CC(C)(C)c1cc(CCC(=O)NCCCCNC(=O)CCc2cc(C(C)(C)C)c(O)c(C(C)(C)C)c2)cc(C(C)(C)C)c1O. The highest BCUT2D eigenvalue weighted by Crippen LogP contribution is 2.41. The molecule has 0 spiro atoms. The molecule has 4 N–H and O–H groups in total. The molecule has 246 valence electrons. The van der Waals surface area contributed by atoms with Crippen molar-refractivity contribution < 1.29 is 19.8 Å². The summed E-state index contributed by atoms with van der Waals surface area (Å²) < 4.78 is 0. The number of benzene rings is 2. The summed E-state index contributed by atoms with van der Waals surface area (Å²) in [5, 5.41) is 27.9. The number of rotatable bonds is 11. The van der Waals surface area contributed by atoms with Crippen LogP contribution in [-0.2, 0) is 44.1 Å². The van der Waals surface area contributed by atoms with Crippen LogP contribution in [0.3, 0.4) is 0 Å². The van der Waals surface area contributed by atoms with E-state index in [0.717, 1.165) is 46.2 Å². The fourth-order valence-corrected chi connectivity index (χ4v) is 5.36. The number of aromatic hydroxyl groups is 2. The van der Waals surface area contributed by atoms with Crippen LogP contribution in [0.5, 0.6) is 11.5 Å². The molecule has 0 radical (unpaired) electrons. The first-order valence-corrected chi connectivity index (χ1v) is 16.3. The normalized spacial score (nSPS) is 12.7. The van der Waals surface area contributed by atoms with Gasteiger partial charge in [-0.3, -0.25) is 9.59 Å². The summed E-state index contributed by atoms with van der Waals surface area (Å²) in [4.78, 5) is 25.1. The molecule has 2 amide bonds.